The summed E-state index contributed by atoms with van der Waals surface area (Å²) in [4.78, 5) is 4.31. The van der Waals surface area contributed by atoms with Gasteiger partial charge in [0.15, 0.2) is 5.65 Å². The van der Waals surface area contributed by atoms with Crippen molar-refractivity contribution in [3.8, 4) is 0 Å². The van der Waals surface area contributed by atoms with Crippen molar-refractivity contribution in [1.82, 2.24) is 14.6 Å². The van der Waals surface area contributed by atoms with E-state index in [-0.39, 0.29) is 0 Å². The summed E-state index contributed by atoms with van der Waals surface area (Å²) in [5.41, 5.74) is 3.39. The summed E-state index contributed by atoms with van der Waals surface area (Å²) in [5.74, 6) is 0.720. The first-order valence-corrected chi connectivity index (χ1v) is 5.74. The minimum atomic E-state index is 0.720. The van der Waals surface area contributed by atoms with Gasteiger partial charge in [0.1, 0.15) is 0 Å². The van der Waals surface area contributed by atoms with Crippen LogP contribution in [0.25, 0.3) is 5.65 Å². The summed E-state index contributed by atoms with van der Waals surface area (Å²) in [7, 11) is 2.69. The van der Waals surface area contributed by atoms with Crippen LogP contribution in [0.2, 0.25) is 0 Å². The Balaban J connectivity index is 2.23. The van der Waals surface area contributed by atoms with Gasteiger partial charge in [-0.3, -0.25) is 0 Å². The maximum Gasteiger partial charge on any atom is 0.155 e. The van der Waals surface area contributed by atoms with Gasteiger partial charge in [-0.15, -0.1) is 9.24 Å². The molecule has 0 amide bonds. The van der Waals surface area contributed by atoms with E-state index in [4.69, 9.17) is 0 Å². The minimum absolute atomic E-state index is 0.720. The maximum absolute atomic E-state index is 4.53. The Labute approximate surface area is 84.7 Å². The van der Waals surface area contributed by atoms with Crippen LogP contribution in [-0.2, 0) is 6.16 Å². The summed E-state index contributed by atoms with van der Waals surface area (Å²) in [6, 6.07) is 4.14. The second-order valence-corrected chi connectivity index (χ2v) is 4.16. The van der Waals surface area contributed by atoms with Crippen LogP contribution < -0.4 is 0 Å². The predicted octanol–water partition coefficient (Wildman–Crippen LogP) is 1.98. The molecule has 3 nitrogen and oxygen atoms in total. The van der Waals surface area contributed by atoms with Gasteiger partial charge in [-0.05, 0) is 18.9 Å². The second-order valence-electron chi connectivity index (χ2n) is 3.75. The topological polar surface area (TPSA) is 30.2 Å². The molecule has 0 N–H and O–H groups in total. The monoisotopic (exact) mass is 205 g/mol. The van der Waals surface area contributed by atoms with E-state index < -0.39 is 0 Å². The first kappa shape index (κ1) is 8.37. The Kier molecular flexibility index (Phi) is 1.81. The van der Waals surface area contributed by atoms with Gasteiger partial charge in [-0.25, -0.2) is 9.50 Å². The van der Waals surface area contributed by atoms with E-state index >= 15 is 0 Å². The lowest BCUT2D eigenvalue weighted by molar-refractivity contribution is 0.828. The smallest absolute Gasteiger partial charge is 0.155 e. The standard InChI is InChI=1S/C10H12N3P/c14-6-8-5-10-11-4-3-9(7-1-2-7)13(10)12-8/h3-5,7H,1-2,6,14H2. The molecule has 14 heavy (non-hydrogen) atoms. The van der Waals surface area contributed by atoms with Crippen molar-refractivity contribution in [3.05, 3.63) is 29.7 Å². The van der Waals surface area contributed by atoms with Crippen molar-refractivity contribution >= 4 is 14.9 Å². The van der Waals surface area contributed by atoms with Crippen molar-refractivity contribution in [2.24, 2.45) is 0 Å². The highest BCUT2D eigenvalue weighted by molar-refractivity contribution is 7.15. The zero-order valence-corrected chi connectivity index (χ0v) is 9.00. The lowest BCUT2D eigenvalue weighted by Gasteiger charge is -2.00. The fourth-order valence-electron chi connectivity index (χ4n) is 1.75. The quantitative estimate of drug-likeness (QED) is 0.702. The second kappa shape index (κ2) is 3.03. The highest BCUT2D eigenvalue weighted by Gasteiger charge is 2.26. The highest BCUT2D eigenvalue weighted by Crippen LogP contribution is 2.39. The van der Waals surface area contributed by atoms with Crippen LogP contribution in [0.15, 0.2) is 18.3 Å². The molecule has 72 valence electrons. The van der Waals surface area contributed by atoms with E-state index in [1.54, 1.807) is 0 Å². The molecule has 2 aromatic rings. The van der Waals surface area contributed by atoms with E-state index in [9.17, 15) is 0 Å². The lowest BCUT2D eigenvalue weighted by Crippen LogP contribution is -1.98. The van der Waals surface area contributed by atoms with Gasteiger partial charge >= 0.3 is 0 Å². The van der Waals surface area contributed by atoms with Crippen LogP contribution in [0.5, 0.6) is 0 Å². The minimum Gasteiger partial charge on any atom is -0.237 e. The summed E-state index contributed by atoms with van der Waals surface area (Å²) >= 11 is 0. The fraction of sp³-hybridized carbons (Fsp3) is 0.400. The molecular weight excluding hydrogens is 193 g/mol. The van der Waals surface area contributed by atoms with Gasteiger partial charge in [0.25, 0.3) is 0 Å². The molecule has 0 saturated heterocycles. The average Bonchev–Trinajstić information content (AvgIpc) is 2.96. The van der Waals surface area contributed by atoms with E-state index in [0.29, 0.717) is 0 Å². The van der Waals surface area contributed by atoms with Crippen molar-refractivity contribution in [2.75, 3.05) is 0 Å². The molecule has 0 aliphatic heterocycles. The first-order valence-electron chi connectivity index (χ1n) is 4.92. The zero-order chi connectivity index (χ0) is 9.54. The third kappa shape index (κ3) is 1.24. The number of nitrogens with zero attached hydrogens (tertiary/aromatic N) is 3. The molecule has 3 rings (SSSR count). The SMILES string of the molecule is PCc1cc2nccc(C3CC3)n2n1. The van der Waals surface area contributed by atoms with Crippen LogP contribution in [0.1, 0.15) is 30.1 Å². The fourth-order valence-corrected chi connectivity index (χ4v) is 1.95. The summed E-state index contributed by atoms with van der Waals surface area (Å²) in [6.45, 7) is 0. The molecule has 1 aliphatic rings. The molecule has 0 bridgehead atoms. The Morgan fingerprint density at radius 2 is 2.36 bits per heavy atom. The number of hydrogen-bond acceptors (Lipinski definition) is 2. The van der Waals surface area contributed by atoms with Crippen LogP contribution in [0.3, 0.4) is 0 Å². The third-order valence-corrected chi connectivity index (χ3v) is 3.06. The highest BCUT2D eigenvalue weighted by atomic mass is 31.0. The Morgan fingerprint density at radius 3 is 3.07 bits per heavy atom. The summed E-state index contributed by atoms with van der Waals surface area (Å²) < 4.78 is 2.00. The number of hydrogen-bond donors (Lipinski definition) is 0. The molecule has 1 saturated carbocycles. The van der Waals surface area contributed by atoms with Crippen LogP contribution in [0.4, 0.5) is 0 Å². The van der Waals surface area contributed by atoms with Gasteiger partial charge in [0.2, 0.25) is 0 Å². The molecule has 0 spiro atoms. The normalized spacial score (nSPS) is 16.4. The van der Waals surface area contributed by atoms with Crippen LogP contribution >= 0.6 is 9.24 Å². The van der Waals surface area contributed by atoms with Crippen LogP contribution in [-0.4, -0.2) is 14.6 Å². The van der Waals surface area contributed by atoms with Crippen LogP contribution in [0, 0.1) is 0 Å². The van der Waals surface area contributed by atoms with Gasteiger partial charge in [0, 0.05) is 30.0 Å². The largest absolute Gasteiger partial charge is 0.237 e. The molecular formula is C10H12N3P. The molecule has 4 heteroatoms. The summed E-state index contributed by atoms with van der Waals surface area (Å²) in [6.07, 6.45) is 5.38. The Bertz CT molecular complexity index is 473. The number of fused-ring (bicyclic) bond motifs is 1. The molecule has 2 heterocycles. The molecule has 1 atom stereocenters. The predicted molar refractivity (Wildman–Crippen MR) is 58.4 cm³/mol. The number of rotatable bonds is 2. The maximum atomic E-state index is 4.53. The molecule has 1 fully saturated rings. The molecule has 0 aromatic carbocycles. The van der Waals surface area contributed by atoms with Gasteiger partial charge < -0.3 is 0 Å². The van der Waals surface area contributed by atoms with Gasteiger partial charge in [-0.1, -0.05) is 0 Å². The average molecular weight is 205 g/mol. The summed E-state index contributed by atoms with van der Waals surface area (Å²) in [5, 5.41) is 4.53. The Hall–Kier alpha value is -0.950. The molecule has 1 aliphatic carbocycles. The third-order valence-electron chi connectivity index (χ3n) is 2.64. The Morgan fingerprint density at radius 1 is 1.50 bits per heavy atom. The van der Waals surface area contributed by atoms with Crippen molar-refractivity contribution in [3.63, 3.8) is 0 Å². The lowest BCUT2D eigenvalue weighted by atomic mass is 10.3. The van der Waals surface area contributed by atoms with Crippen molar-refractivity contribution in [2.45, 2.75) is 24.9 Å². The van der Waals surface area contributed by atoms with E-state index in [0.717, 1.165) is 23.4 Å². The van der Waals surface area contributed by atoms with E-state index in [2.05, 4.69) is 31.5 Å². The van der Waals surface area contributed by atoms with E-state index in [1.807, 2.05) is 10.7 Å². The van der Waals surface area contributed by atoms with Gasteiger partial charge in [0.05, 0.1) is 5.69 Å². The van der Waals surface area contributed by atoms with E-state index in [1.165, 1.54) is 18.5 Å². The molecule has 2 aromatic heterocycles. The number of aromatic nitrogens is 3. The molecule has 0 radical (unpaired) electrons. The zero-order valence-electron chi connectivity index (χ0n) is 7.85. The first-order chi connectivity index (χ1) is 6.88. The van der Waals surface area contributed by atoms with Crippen molar-refractivity contribution in [1.29, 1.82) is 0 Å². The van der Waals surface area contributed by atoms with Gasteiger partial charge in [-0.2, -0.15) is 5.10 Å². The van der Waals surface area contributed by atoms with Crippen molar-refractivity contribution < 1.29 is 0 Å². The molecule has 1 unspecified atom stereocenters.